The SMILES string of the molecule is COc1c(Cl)cc(CNC(N)=S)c(OC)c1Cl. The number of nitrogens with two attached hydrogens (primary N) is 1. The van der Waals surface area contributed by atoms with Gasteiger partial charge in [0.2, 0.25) is 0 Å². The highest BCUT2D eigenvalue weighted by molar-refractivity contribution is 7.80. The first kappa shape index (κ1) is 14.2. The molecule has 4 nitrogen and oxygen atoms in total. The van der Waals surface area contributed by atoms with E-state index in [2.05, 4.69) is 5.32 Å². The standard InChI is InChI=1S/C10H12Cl2N2O2S/c1-15-8-5(4-14-10(13)17)3-6(11)9(16-2)7(8)12/h3H,4H2,1-2H3,(H3,13,14,17). The molecule has 0 radical (unpaired) electrons. The monoisotopic (exact) mass is 294 g/mol. The first-order valence-corrected chi connectivity index (χ1v) is 5.79. The van der Waals surface area contributed by atoms with Gasteiger partial charge in [-0.1, -0.05) is 23.2 Å². The summed E-state index contributed by atoms with van der Waals surface area (Å²) in [4.78, 5) is 0. The van der Waals surface area contributed by atoms with Crippen molar-refractivity contribution in [3.8, 4) is 11.5 Å². The molecule has 0 bridgehead atoms. The van der Waals surface area contributed by atoms with Crippen molar-refractivity contribution in [2.75, 3.05) is 14.2 Å². The maximum absolute atomic E-state index is 6.11. The van der Waals surface area contributed by atoms with Crippen molar-refractivity contribution >= 4 is 40.5 Å². The van der Waals surface area contributed by atoms with Gasteiger partial charge in [-0.15, -0.1) is 0 Å². The molecule has 7 heteroatoms. The number of nitrogens with one attached hydrogen (secondary N) is 1. The Balaban J connectivity index is 3.17. The number of rotatable bonds is 4. The Labute approximate surface area is 115 Å². The van der Waals surface area contributed by atoms with Crippen molar-refractivity contribution in [2.24, 2.45) is 5.73 Å². The van der Waals surface area contributed by atoms with E-state index in [-0.39, 0.29) is 5.11 Å². The quantitative estimate of drug-likeness (QED) is 0.835. The number of benzene rings is 1. The van der Waals surface area contributed by atoms with Crippen LogP contribution in [0.25, 0.3) is 0 Å². The lowest BCUT2D eigenvalue weighted by atomic mass is 10.2. The molecular weight excluding hydrogens is 283 g/mol. The fourth-order valence-corrected chi connectivity index (χ4v) is 2.16. The van der Waals surface area contributed by atoms with Crippen LogP contribution in [0, 0.1) is 0 Å². The molecule has 0 amide bonds. The van der Waals surface area contributed by atoms with Gasteiger partial charge in [0.1, 0.15) is 10.8 Å². The van der Waals surface area contributed by atoms with Crippen LogP contribution in [0.2, 0.25) is 10.0 Å². The first-order valence-electron chi connectivity index (χ1n) is 4.63. The highest BCUT2D eigenvalue weighted by Crippen LogP contribution is 2.42. The zero-order valence-electron chi connectivity index (χ0n) is 9.34. The summed E-state index contributed by atoms with van der Waals surface area (Å²) in [7, 11) is 3.00. The number of ether oxygens (including phenoxy) is 2. The Hall–Kier alpha value is -0.910. The van der Waals surface area contributed by atoms with Crippen LogP contribution in [-0.2, 0) is 6.54 Å². The van der Waals surface area contributed by atoms with Crippen LogP contribution in [0.3, 0.4) is 0 Å². The molecule has 94 valence electrons. The van der Waals surface area contributed by atoms with Crippen molar-refractivity contribution in [3.05, 3.63) is 21.7 Å². The normalized spacial score (nSPS) is 9.88. The number of hydrogen-bond acceptors (Lipinski definition) is 3. The predicted molar refractivity (Wildman–Crippen MR) is 73.2 cm³/mol. The Morgan fingerprint density at radius 1 is 1.35 bits per heavy atom. The lowest BCUT2D eigenvalue weighted by molar-refractivity contribution is 0.391. The fourth-order valence-electron chi connectivity index (χ4n) is 1.35. The van der Waals surface area contributed by atoms with Crippen molar-refractivity contribution in [1.29, 1.82) is 0 Å². The molecule has 0 spiro atoms. The summed E-state index contributed by atoms with van der Waals surface area (Å²) in [5, 5.41) is 3.71. The minimum absolute atomic E-state index is 0.190. The Kier molecular flexibility index (Phi) is 5.11. The maximum Gasteiger partial charge on any atom is 0.163 e. The topological polar surface area (TPSA) is 56.5 Å². The second-order valence-electron chi connectivity index (χ2n) is 3.12. The lowest BCUT2D eigenvalue weighted by Gasteiger charge is -2.15. The minimum Gasteiger partial charge on any atom is -0.495 e. The molecule has 0 saturated carbocycles. The van der Waals surface area contributed by atoms with Gasteiger partial charge in [0, 0.05) is 12.1 Å². The molecule has 1 rings (SSSR count). The van der Waals surface area contributed by atoms with Crippen molar-refractivity contribution in [1.82, 2.24) is 5.32 Å². The number of methoxy groups -OCH3 is 2. The number of thiocarbonyl (C=S) groups is 1. The molecule has 0 aliphatic heterocycles. The summed E-state index contributed by atoms with van der Waals surface area (Å²) >= 11 is 16.9. The maximum atomic E-state index is 6.11. The molecule has 0 atom stereocenters. The van der Waals surface area contributed by atoms with Crippen LogP contribution >= 0.6 is 35.4 Å². The number of halogens is 2. The minimum atomic E-state index is 0.190. The molecular formula is C10H12Cl2N2O2S. The van der Waals surface area contributed by atoms with Crippen LogP contribution in [0.4, 0.5) is 0 Å². The van der Waals surface area contributed by atoms with Gasteiger partial charge in [0.05, 0.1) is 19.2 Å². The molecule has 0 heterocycles. The molecule has 0 fully saturated rings. The zero-order valence-corrected chi connectivity index (χ0v) is 11.7. The second kappa shape index (κ2) is 6.14. The van der Waals surface area contributed by atoms with E-state index in [0.29, 0.717) is 28.1 Å². The van der Waals surface area contributed by atoms with Crippen LogP contribution in [0.1, 0.15) is 5.56 Å². The van der Waals surface area contributed by atoms with Crippen LogP contribution in [0.15, 0.2) is 6.07 Å². The average molecular weight is 295 g/mol. The van der Waals surface area contributed by atoms with Crippen LogP contribution in [-0.4, -0.2) is 19.3 Å². The molecule has 1 aromatic carbocycles. The van der Waals surface area contributed by atoms with E-state index in [1.54, 1.807) is 6.07 Å². The van der Waals surface area contributed by atoms with Gasteiger partial charge >= 0.3 is 0 Å². The molecule has 0 aliphatic carbocycles. The Morgan fingerprint density at radius 3 is 2.41 bits per heavy atom. The molecule has 0 aromatic heterocycles. The summed E-state index contributed by atoms with van der Waals surface area (Å²) in [6.45, 7) is 0.377. The van der Waals surface area contributed by atoms with E-state index in [1.807, 2.05) is 0 Å². The van der Waals surface area contributed by atoms with E-state index in [9.17, 15) is 0 Å². The van der Waals surface area contributed by atoms with E-state index < -0.39 is 0 Å². The molecule has 3 N–H and O–H groups in total. The highest BCUT2D eigenvalue weighted by atomic mass is 35.5. The summed E-state index contributed by atoms with van der Waals surface area (Å²) in [5.74, 6) is 0.862. The third-order valence-corrected chi connectivity index (χ3v) is 2.84. The first-order chi connectivity index (χ1) is 8.01. The van der Waals surface area contributed by atoms with Gasteiger partial charge in [-0.05, 0) is 18.3 Å². The van der Waals surface area contributed by atoms with E-state index in [4.69, 9.17) is 50.6 Å². The van der Waals surface area contributed by atoms with Gasteiger partial charge in [0.25, 0.3) is 0 Å². The lowest BCUT2D eigenvalue weighted by Crippen LogP contribution is -2.28. The molecule has 0 saturated heterocycles. The van der Waals surface area contributed by atoms with Crippen LogP contribution < -0.4 is 20.5 Å². The molecule has 0 aliphatic rings. The predicted octanol–water partition coefficient (Wildman–Crippen LogP) is 2.34. The summed E-state index contributed by atoms with van der Waals surface area (Å²) < 4.78 is 10.3. The zero-order chi connectivity index (χ0) is 13.0. The highest BCUT2D eigenvalue weighted by Gasteiger charge is 2.17. The van der Waals surface area contributed by atoms with Gasteiger partial charge in [-0.2, -0.15) is 0 Å². The largest absolute Gasteiger partial charge is 0.495 e. The fraction of sp³-hybridized carbons (Fsp3) is 0.300. The third kappa shape index (κ3) is 3.28. The Bertz CT molecular complexity index is 441. The van der Waals surface area contributed by atoms with Crippen molar-refractivity contribution in [3.63, 3.8) is 0 Å². The van der Waals surface area contributed by atoms with Crippen molar-refractivity contribution < 1.29 is 9.47 Å². The molecule has 0 unspecified atom stereocenters. The van der Waals surface area contributed by atoms with Gasteiger partial charge in [-0.3, -0.25) is 0 Å². The van der Waals surface area contributed by atoms with E-state index in [0.717, 1.165) is 5.56 Å². The smallest absolute Gasteiger partial charge is 0.163 e. The van der Waals surface area contributed by atoms with E-state index >= 15 is 0 Å². The van der Waals surface area contributed by atoms with Gasteiger partial charge in [0.15, 0.2) is 10.9 Å². The second-order valence-corrected chi connectivity index (χ2v) is 4.34. The molecule has 17 heavy (non-hydrogen) atoms. The summed E-state index contributed by atoms with van der Waals surface area (Å²) in [6, 6.07) is 1.69. The van der Waals surface area contributed by atoms with Gasteiger partial charge in [-0.25, -0.2) is 0 Å². The molecule has 1 aromatic rings. The summed E-state index contributed by atoms with van der Waals surface area (Å²) in [6.07, 6.45) is 0. The summed E-state index contributed by atoms with van der Waals surface area (Å²) in [5.41, 5.74) is 6.10. The third-order valence-electron chi connectivity index (χ3n) is 2.07. The van der Waals surface area contributed by atoms with Crippen molar-refractivity contribution in [2.45, 2.75) is 6.54 Å². The average Bonchev–Trinajstić information content (AvgIpc) is 2.26. The van der Waals surface area contributed by atoms with E-state index in [1.165, 1.54) is 14.2 Å². The van der Waals surface area contributed by atoms with Crippen LogP contribution in [0.5, 0.6) is 11.5 Å². The number of hydrogen-bond donors (Lipinski definition) is 2. The van der Waals surface area contributed by atoms with Gasteiger partial charge < -0.3 is 20.5 Å². The Morgan fingerprint density at radius 2 is 1.94 bits per heavy atom.